The Balaban J connectivity index is 2.18. The molecule has 2 heteroatoms. The maximum absolute atomic E-state index is 5.77. The van der Waals surface area contributed by atoms with Gasteiger partial charge in [0.05, 0.1) is 0 Å². The number of rotatable bonds is 2. The summed E-state index contributed by atoms with van der Waals surface area (Å²) in [5, 5.41) is 0. The molecule has 3 aliphatic carbocycles. The van der Waals surface area contributed by atoms with Crippen LogP contribution in [0, 0.1) is 23.7 Å². The molecule has 1 fully saturated rings. The zero-order valence-electron chi connectivity index (χ0n) is 7.45. The summed E-state index contributed by atoms with van der Waals surface area (Å²) in [6.45, 7) is 1.63. The molecule has 2 bridgehead atoms. The van der Waals surface area contributed by atoms with Crippen LogP contribution in [0.1, 0.15) is 12.8 Å². The number of hydrogen-bond donors (Lipinski definition) is 2. The van der Waals surface area contributed by atoms with E-state index in [1.807, 2.05) is 0 Å². The highest BCUT2D eigenvalue weighted by molar-refractivity contribution is 5.09. The van der Waals surface area contributed by atoms with E-state index in [9.17, 15) is 0 Å². The summed E-state index contributed by atoms with van der Waals surface area (Å²) in [7, 11) is 0. The monoisotopic (exact) mass is 166 g/mol. The Morgan fingerprint density at radius 1 is 0.917 bits per heavy atom. The number of allylic oxidation sites excluding steroid dienone is 2. The van der Waals surface area contributed by atoms with Crippen LogP contribution < -0.4 is 11.5 Å². The third kappa shape index (κ3) is 1.10. The lowest BCUT2D eigenvalue weighted by atomic mass is 9.62. The molecule has 0 amide bonds. The quantitative estimate of drug-likeness (QED) is 0.594. The largest absolute Gasteiger partial charge is 0.330 e. The molecule has 0 radical (unpaired) electrons. The van der Waals surface area contributed by atoms with Crippen molar-refractivity contribution in [2.45, 2.75) is 12.8 Å². The molecular formula is C10H18N2. The third-order valence-electron chi connectivity index (χ3n) is 3.63. The predicted molar refractivity (Wildman–Crippen MR) is 50.4 cm³/mol. The molecule has 1 saturated carbocycles. The van der Waals surface area contributed by atoms with Crippen molar-refractivity contribution in [1.82, 2.24) is 0 Å². The molecular weight excluding hydrogens is 148 g/mol. The zero-order chi connectivity index (χ0) is 8.55. The van der Waals surface area contributed by atoms with Crippen molar-refractivity contribution < 1.29 is 0 Å². The van der Waals surface area contributed by atoms with Gasteiger partial charge < -0.3 is 11.5 Å². The maximum atomic E-state index is 5.77. The molecule has 0 unspecified atom stereocenters. The lowest BCUT2D eigenvalue weighted by Gasteiger charge is -2.44. The number of hydrogen-bond acceptors (Lipinski definition) is 2. The smallest absolute Gasteiger partial charge is 0.00399 e. The van der Waals surface area contributed by atoms with Gasteiger partial charge >= 0.3 is 0 Å². The normalized spacial score (nSPS) is 45.2. The second kappa shape index (κ2) is 3.19. The van der Waals surface area contributed by atoms with Crippen molar-refractivity contribution >= 4 is 0 Å². The highest BCUT2D eigenvalue weighted by Gasteiger charge is 2.38. The summed E-state index contributed by atoms with van der Waals surface area (Å²) in [6, 6.07) is 0. The van der Waals surface area contributed by atoms with Gasteiger partial charge in [-0.15, -0.1) is 0 Å². The molecule has 4 N–H and O–H groups in total. The van der Waals surface area contributed by atoms with Crippen LogP contribution in [0.4, 0.5) is 0 Å². The first kappa shape index (κ1) is 8.27. The maximum Gasteiger partial charge on any atom is -0.00399 e. The summed E-state index contributed by atoms with van der Waals surface area (Å²) in [6.07, 6.45) is 7.38. The van der Waals surface area contributed by atoms with Gasteiger partial charge in [-0.1, -0.05) is 12.2 Å². The third-order valence-corrected chi connectivity index (χ3v) is 3.63. The van der Waals surface area contributed by atoms with Gasteiger partial charge in [0.15, 0.2) is 0 Å². The van der Waals surface area contributed by atoms with Gasteiger partial charge in [-0.2, -0.15) is 0 Å². The average molecular weight is 166 g/mol. The van der Waals surface area contributed by atoms with Gasteiger partial charge in [0, 0.05) is 0 Å². The van der Waals surface area contributed by atoms with Gasteiger partial charge in [0.2, 0.25) is 0 Å². The first-order valence-electron chi connectivity index (χ1n) is 4.95. The van der Waals surface area contributed by atoms with Crippen LogP contribution in [0.25, 0.3) is 0 Å². The first-order valence-corrected chi connectivity index (χ1v) is 4.95. The highest BCUT2D eigenvalue weighted by Crippen LogP contribution is 2.43. The minimum absolute atomic E-state index is 0.666. The van der Waals surface area contributed by atoms with Gasteiger partial charge in [-0.05, 0) is 49.6 Å². The van der Waals surface area contributed by atoms with E-state index in [1.165, 1.54) is 12.8 Å². The summed E-state index contributed by atoms with van der Waals surface area (Å²) < 4.78 is 0. The summed E-state index contributed by atoms with van der Waals surface area (Å²) in [4.78, 5) is 0. The Bertz CT molecular complexity index is 168. The Morgan fingerprint density at radius 2 is 1.33 bits per heavy atom. The van der Waals surface area contributed by atoms with Crippen molar-refractivity contribution in [2.75, 3.05) is 13.1 Å². The van der Waals surface area contributed by atoms with Crippen LogP contribution in [-0.4, -0.2) is 13.1 Å². The zero-order valence-corrected chi connectivity index (χ0v) is 7.45. The lowest BCUT2D eigenvalue weighted by molar-refractivity contribution is 0.134. The lowest BCUT2D eigenvalue weighted by Crippen LogP contribution is -2.44. The van der Waals surface area contributed by atoms with E-state index in [1.54, 1.807) is 0 Å². The van der Waals surface area contributed by atoms with Crippen molar-refractivity contribution in [3.05, 3.63) is 12.2 Å². The fourth-order valence-electron chi connectivity index (χ4n) is 2.91. The summed E-state index contributed by atoms with van der Waals surface area (Å²) >= 11 is 0. The predicted octanol–water partition coefficient (Wildman–Crippen LogP) is 0.732. The topological polar surface area (TPSA) is 52.0 Å². The van der Waals surface area contributed by atoms with E-state index in [-0.39, 0.29) is 0 Å². The molecule has 12 heavy (non-hydrogen) atoms. The van der Waals surface area contributed by atoms with Gasteiger partial charge in [0.25, 0.3) is 0 Å². The van der Waals surface area contributed by atoms with E-state index in [0.29, 0.717) is 11.8 Å². The number of fused-ring (bicyclic) bond motifs is 2. The minimum Gasteiger partial charge on any atom is -0.330 e. The summed E-state index contributed by atoms with van der Waals surface area (Å²) in [5.41, 5.74) is 11.5. The molecule has 68 valence electrons. The van der Waals surface area contributed by atoms with E-state index >= 15 is 0 Å². The second-order valence-electron chi connectivity index (χ2n) is 4.09. The Kier molecular flexibility index (Phi) is 2.20. The molecule has 3 aliphatic rings. The molecule has 0 aromatic heterocycles. The molecule has 0 aromatic rings. The van der Waals surface area contributed by atoms with Gasteiger partial charge in [0.1, 0.15) is 0 Å². The molecule has 3 rings (SSSR count). The van der Waals surface area contributed by atoms with Crippen LogP contribution in [0.3, 0.4) is 0 Å². The molecule has 0 saturated heterocycles. The molecule has 0 aromatic carbocycles. The van der Waals surface area contributed by atoms with Crippen LogP contribution in [-0.2, 0) is 0 Å². The minimum atomic E-state index is 0.666. The van der Waals surface area contributed by atoms with Crippen LogP contribution in [0.5, 0.6) is 0 Å². The van der Waals surface area contributed by atoms with Gasteiger partial charge in [-0.3, -0.25) is 0 Å². The van der Waals surface area contributed by atoms with E-state index in [0.717, 1.165) is 24.9 Å². The average Bonchev–Trinajstić information content (AvgIpc) is 2.18. The van der Waals surface area contributed by atoms with Crippen molar-refractivity contribution in [1.29, 1.82) is 0 Å². The molecule has 4 atom stereocenters. The van der Waals surface area contributed by atoms with Crippen molar-refractivity contribution in [3.63, 3.8) is 0 Å². The van der Waals surface area contributed by atoms with Crippen molar-refractivity contribution in [2.24, 2.45) is 35.1 Å². The van der Waals surface area contributed by atoms with E-state index in [2.05, 4.69) is 12.2 Å². The standard InChI is InChI=1S/C10H18N2/c11-5-9-7-1-2-8(4-3-7)10(9)6-12/h1-2,7-10H,3-6,11-12H2/t7-,8+,9-,10-/m1/s1. The second-order valence-corrected chi connectivity index (χ2v) is 4.09. The van der Waals surface area contributed by atoms with Crippen LogP contribution in [0.15, 0.2) is 12.2 Å². The SMILES string of the molecule is NC[C@H]1[C@H](CN)[C@H]2C=C[C@@H]1CC2. The summed E-state index contributed by atoms with van der Waals surface area (Å²) in [5.74, 6) is 2.79. The Morgan fingerprint density at radius 3 is 1.58 bits per heavy atom. The molecule has 0 spiro atoms. The fraction of sp³-hybridized carbons (Fsp3) is 0.800. The highest BCUT2D eigenvalue weighted by atomic mass is 14.6. The van der Waals surface area contributed by atoms with E-state index < -0.39 is 0 Å². The Labute approximate surface area is 74.0 Å². The molecule has 0 heterocycles. The number of nitrogens with two attached hydrogens (primary N) is 2. The van der Waals surface area contributed by atoms with Crippen molar-refractivity contribution in [3.8, 4) is 0 Å². The fourth-order valence-corrected chi connectivity index (χ4v) is 2.91. The molecule has 2 nitrogen and oxygen atoms in total. The molecule has 0 aliphatic heterocycles. The first-order chi connectivity index (χ1) is 5.86. The van der Waals surface area contributed by atoms with Crippen LogP contribution in [0.2, 0.25) is 0 Å². The van der Waals surface area contributed by atoms with Crippen LogP contribution >= 0.6 is 0 Å². The van der Waals surface area contributed by atoms with Gasteiger partial charge in [-0.25, -0.2) is 0 Å². The Hall–Kier alpha value is -0.340. The van der Waals surface area contributed by atoms with E-state index in [4.69, 9.17) is 11.5 Å².